The third kappa shape index (κ3) is 14.4. The number of hydrogen-bond donors (Lipinski definition) is 2. The second-order valence-electron chi connectivity index (χ2n) is 8.21. The second-order valence-corrected chi connectivity index (χ2v) is 8.21. The van der Waals surface area contributed by atoms with Crippen molar-refractivity contribution < 1.29 is 34.0 Å². The molecule has 0 radical (unpaired) electrons. The number of carbonyl (C=O) groups is 1. The highest BCUT2D eigenvalue weighted by Crippen LogP contribution is 2.35. The summed E-state index contributed by atoms with van der Waals surface area (Å²) in [6.45, 7) is 4.99. The van der Waals surface area contributed by atoms with Crippen LogP contribution in [0.2, 0.25) is 0 Å². The summed E-state index contributed by atoms with van der Waals surface area (Å²) in [5, 5.41) is 18.3. The van der Waals surface area contributed by atoms with Crippen molar-refractivity contribution in [3.63, 3.8) is 0 Å². The highest BCUT2D eigenvalue weighted by Gasteiger charge is 2.35. The molecule has 1 aromatic rings. The molecule has 0 aromatic heterocycles. The third-order valence-corrected chi connectivity index (χ3v) is 5.51. The number of carboxylic acid groups (broad SMARTS) is 1. The summed E-state index contributed by atoms with van der Waals surface area (Å²) in [5.41, 5.74) is 0.0602. The van der Waals surface area contributed by atoms with E-state index in [2.05, 4.69) is 6.92 Å². The van der Waals surface area contributed by atoms with Gasteiger partial charge in [0, 0.05) is 0 Å². The molecule has 1 aromatic carbocycles. The lowest BCUT2D eigenvalue weighted by atomic mass is 9.85. The number of benzene rings is 1. The van der Waals surface area contributed by atoms with Crippen LogP contribution in [0.25, 0.3) is 0 Å². The Hall–Kier alpha value is -1.51. The molecule has 1 atom stereocenters. The molecule has 0 bridgehead atoms. The minimum atomic E-state index is -0.862. The number of aliphatic carboxylic acids is 1. The minimum Gasteiger partial charge on any atom is -0.481 e. The Kier molecular flexibility index (Phi) is 17.8. The van der Waals surface area contributed by atoms with Gasteiger partial charge in [-0.2, -0.15) is 0 Å². The predicted octanol–water partition coefficient (Wildman–Crippen LogP) is 4.56. The fourth-order valence-electron chi connectivity index (χ4n) is 3.80. The van der Waals surface area contributed by atoms with Crippen LogP contribution in [-0.2, 0) is 29.3 Å². The van der Waals surface area contributed by atoms with Crippen molar-refractivity contribution >= 4 is 5.97 Å². The zero-order chi connectivity index (χ0) is 24.0. The Bertz CT molecular complexity index is 581. The van der Waals surface area contributed by atoms with Gasteiger partial charge in [-0.3, -0.25) is 4.79 Å². The van der Waals surface area contributed by atoms with Crippen molar-refractivity contribution in [2.75, 3.05) is 52.9 Å². The Balaban J connectivity index is 2.48. The average Bonchev–Trinajstić information content (AvgIpc) is 2.82. The standard InChI is InChI=1S/C26H44O7/c1-2-3-4-5-6-7-11-14-26(23-25(28)29,24-12-9-8-10-13-24)33-22-21-32-20-19-31-18-17-30-16-15-27/h8-10,12-13,27H,2-7,11,14-23H2,1H3,(H,28,29). The SMILES string of the molecule is CCCCCCCCCC(CC(=O)O)(OCCOCCOCCOCCO)c1ccccc1. The van der Waals surface area contributed by atoms with Gasteiger partial charge in [-0.25, -0.2) is 0 Å². The molecule has 0 aliphatic rings. The van der Waals surface area contributed by atoms with Crippen LogP contribution in [0, 0.1) is 0 Å². The van der Waals surface area contributed by atoms with Crippen molar-refractivity contribution in [2.24, 2.45) is 0 Å². The topological polar surface area (TPSA) is 94.5 Å². The summed E-state index contributed by atoms with van der Waals surface area (Å²) in [6, 6.07) is 9.70. The largest absolute Gasteiger partial charge is 0.481 e. The Morgan fingerprint density at radius 1 is 0.788 bits per heavy atom. The van der Waals surface area contributed by atoms with Gasteiger partial charge >= 0.3 is 5.97 Å². The first-order chi connectivity index (χ1) is 16.1. The summed E-state index contributed by atoms with van der Waals surface area (Å²) >= 11 is 0. The van der Waals surface area contributed by atoms with Crippen LogP contribution in [0.3, 0.4) is 0 Å². The van der Waals surface area contributed by atoms with E-state index in [0.717, 1.165) is 18.4 Å². The zero-order valence-corrected chi connectivity index (χ0v) is 20.3. The Labute approximate surface area is 199 Å². The quantitative estimate of drug-likeness (QED) is 0.227. The molecule has 0 saturated heterocycles. The number of aliphatic hydroxyl groups is 1. The first-order valence-electron chi connectivity index (χ1n) is 12.4. The Morgan fingerprint density at radius 3 is 1.91 bits per heavy atom. The van der Waals surface area contributed by atoms with Crippen LogP contribution in [0.15, 0.2) is 30.3 Å². The monoisotopic (exact) mass is 468 g/mol. The van der Waals surface area contributed by atoms with Gasteiger partial charge in [0.2, 0.25) is 0 Å². The molecule has 0 saturated carbocycles. The lowest BCUT2D eigenvalue weighted by Gasteiger charge is -2.33. The summed E-state index contributed by atoms with van der Waals surface area (Å²) in [5.74, 6) is -0.862. The fourth-order valence-corrected chi connectivity index (χ4v) is 3.80. The van der Waals surface area contributed by atoms with Gasteiger partial charge < -0.3 is 29.2 Å². The second kappa shape index (κ2) is 19.9. The summed E-state index contributed by atoms with van der Waals surface area (Å²) < 4.78 is 22.4. The van der Waals surface area contributed by atoms with E-state index in [1.54, 1.807) is 0 Å². The summed E-state index contributed by atoms with van der Waals surface area (Å²) in [6.07, 6.45) is 8.80. The first kappa shape index (κ1) is 29.5. The van der Waals surface area contributed by atoms with Gasteiger partial charge in [0.25, 0.3) is 0 Å². The van der Waals surface area contributed by atoms with Crippen molar-refractivity contribution in [3.8, 4) is 0 Å². The lowest BCUT2D eigenvalue weighted by Crippen LogP contribution is -2.34. The van der Waals surface area contributed by atoms with Gasteiger partial charge in [-0.05, 0) is 12.0 Å². The Morgan fingerprint density at radius 2 is 1.33 bits per heavy atom. The number of carboxylic acids is 1. The van der Waals surface area contributed by atoms with Gasteiger partial charge in [0.05, 0.1) is 59.3 Å². The lowest BCUT2D eigenvalue weighted by molar-refractivity contribution is -0.149. The highest BCUT2D eigenvalue weighted by molar-refractivity contribution is 5.68. The van der Waals surface area contributed by atoms with E-state index in [9.17, 15) is 9.90 Å². The van der Waals surface area contributed by atoms with Gasteiger partial charge in [-0.15, -0.1) is 0 Å². The predicted molar refractivity (Wildman–Crippen MR) is 128 cm³/mol. The maximum absolute atomic E-state index is 11.7. The van der Waals surface area contributed by atoms with Crippen LogP contribution < -0.4 is 0 Å². The molecule has 190 valence electrons. The van der Waals surface area contributed by atoms with Crippen molar-refractivity contribution in [2.45, 2.75) is 70.3 Å². The number of aliphatic hydroxyl groups excluding tert-OH is 1. The molecule has 7 heteroatoms. The first-order valence-corrected chi connectivity index (χ1v) is 12.4. The molecule has 1 unspecified atom stereocenters. The molecule has 2 N–H and O–H groups in total. The summed E-state index contributed by atoms with van der Waals surface area (Å²) in [7, 11) is 0. The van der Waals surface area contributed by atoms with E-state index in [0.29, 0.717) is 52.7 Å². The van der Waals surface area contributed by atoms with Gasteiger partial charge in [0.1, 0.15) is 5.60 Å². The normalized spacial score (nSPS) is 13.2. The van der Waals surface area contributed by atoms with Crippen molar-refractivity contribution in [3.05, 3.63) is 35.9 Å². The van der Waals surface area contributed by atoms with Crippen LogP contribution in [0.1, 0.15) is 70.3 Å². The molecule has 0 amide bonds. The third-order valence-electron chi connectivity index (χ3n) is 5.51. The number of unbranched alkanes of at least 4 members (excludes halogenated alkanes) is 6. The molecule has 0 spiro atoms. The molecule has 33 heavy (non-hydrogen) atoms. The molecule has 0 aliphatic carbocycles. The van der Waals surface area contributed by atoms with Crippen LogP contribution in [0.4, 0.5) is 0 Å². The van der Waals surface area contributed by atoms with E-state index in [1.807, 2.05) is 30.3 Å². The zero-order valence-electron chi connectivity index (χ0n) is 20.3. The number of ether oxygens (including phenoxy) is 4. The molecular weight excluding hydrogens is 424 g/mol. The van der Waals surface area contributed by atoms with E-state index in [4.69, 9.17) is 24.1 Å². The number of hydrogen-bond acceptors (Lipinski definition) is 6. The number of rotatable bonds is 23. The fraction of sp³-hybridized carbons (Fsp3) is 0.731. The van der Waals surface area contributed by atoms with E-state index >= 15 is 0 Å². The smallest absolute Gasteiger partial charge is 0.306 e. The molecule has 7 nitrogen and oxygen atoms in total. The molecule has 1 rings (SSSR count). The van der Waals surface area contributed by atoms with E-state index in [-0.39, 0.29) is 13.0 Å². The maximum atomic E-state index is 11.7. The maximum Gasteiger partial charge on any atom is 0.306 e. The van der Waals surface area contributed by atoms with Crippen LogP contribution in [-0.4, -0.2) is 69.0 Å². The van der Waals surface area contributed by atoms with E-state index in [1.165, 1.54) is 32.1 Å². The van der Waals surface area contributed by atoms with Gasteiger partial charge in [0.15, 0.2) is 0 Å². The average molecular weight is 469 g/mol. The van der Waals surface area contributed by atoms with Gasteiger partial charge in [-0.1, -0.05) is 82.2 Å². The van der Waals surface area contributed by atoms with E-state index < -0.39 is 11.6 Å². The molecule has 0 fully saturated rings. The molecule has 0 heterocycles. The van der Waals surface area contributed by atoms with Crippen LogP contribution in [0.5, 0.6) is 0 Å². The summed E-state index contributed by atoms with van der Waals surface area (Å²) in [4.78, 5) is 11.7. The minimum absolute atomic E-state index is 0.00835. The highest BCUT2D eigenvalue weighted by atomic mass is 16.6. The van der Waals surface area contributed by atoms with Crippen molar-refractivity contribution in [1.29, 1.82) is 0 Å². The molecule has 0 aliphatic heterocycles. The van der Waals surface area contributed by atoms with Crippen molar-refractivity contribution in [1.82, 2.24) is 0 Å². The van der Waals surface area contributed by atoms with Crippen LogP contribution >= 0.6 is 0 Å². The molecular formula is C26H44O7.